The summed E-state index contributed by atoms with van der Waals surface area (Å²) in [6, 6.07) is 52.3. The number of unbranched alkanes of at least 4 members (excludes halogenated alkanes) is 2. The van der Waals surface area contributed by atoms with Gasteiger partial charge in [-0.05, 0) is 172 Å². The van der Waals surface area contributed by atoms with Crippen molar-refractivity contribution < 1.29 is 33.9 Å². The second kappa shape index (κ2) is 27.8. The summed E-state index contributed by atoms with van der Waals surface area (Å²) < 4.78 is 27.4. The summed E-state index contributed by atoms with van der Waals surface area (Å²) in [5, 5.41) is 43.2. The first-order chi connectivity index (χ1) is 51.3. The summed E-state index contributed by atoms with van der Waals surface area (Å²) in [6.45, 7) is 6.73. The number of nitrogens with zero attached hydrogens (tertiary/aromatic N) is 2. The van der Waals surface area contributed by atoms with Crippen LogP contribution in [-0.2, 0) is 41.9 Å². The first kappa shape index (κ1) is 68.1. The van der Waals surface area contributed by atoms with E-state index in [0.717, 1.165) is 116 Å². The van der Waals surface area contributed by atoms with Crippen molar-refractivity contribution in [2.75, 3.05) is 51.5 Å². The number of ether oxygens (including phenoxy) is 3. The van der Waals surface area contributed by atoms with Crippen LogP contribution in [0, 0.1) is 41.4 Å². The molecule has 4 aliphatic heterocycles. The lowest BCUT2D eigenvalue weighted by Gasteiger charge is -2.52. The van der Waals surface area contributed by atoms with E-state index in [-0.39, 0.29) is 100 Å². The lowest BCUT2D eigenvalue weighted by molar-refractivity contribution is 0.157. The van der Waals surface area contributed by atoms with Gasteiger partial charge in [-0.1, -0.05) is 173 Å². The molecular formula is C91H94N6O8. The highest BCUT2D eigenvalue weighted by Gasteiger charge is 2.69. The van der Waals surface area contributed by atoms with E-state index in [9.17, 15) is 15.3 Å². The van der Waals surface area contributed by atoms with Crippen molar-refractivity contribution in [2.45, 2.75) is 132 Å². The zero-order valence-corrected chi connectivity index (χ0v) is 60.4. The predicted octanol–water partition coefficient (Wildman–Crippen LogP) is 16.1. The second-order valence-electron chi connectivity index (χ2n) is 31.1. The molecule has 8 aliphatic rings. The Morgan fingerprint density at radius 2 is 1.73 bits per heavy atom. The molecule has 0 radical (unpaired) electrons. The van der Waals surface area contributed by atoms with E-state index in [4.69, 9.17) is 35.1 Å². The average Bonchev–Trinajstić information content (AvgIpc) is 1.61. The normalized spacial score (nSPS) is 24.6. The number of nitrogens with one attached hydrogen (secondary N) is 2. The van der Waals surface area contributed by atoms with Gasteiger partial charge >= 0.3 is 0 Å². The molecule has 2 spiro atoms. The number of fused-ring (bicyclic) bond motifs is 13. The average molecular weight is 1400 g/mol. The number of phenols is 1. The van der Waals surface area contributed by atoms with Crippen LogP contribution in [0.1, 0.15) is 128 Å². The monoisotopic (exact) mass is 1400 g/mol. The molecule has 0 unspecified atom stereocenters. The number of allylic oxidation sites excluding steroid dienone is 1. The van der Waals surface area contributed by atoms with Gasteiger partial charge in [0.1, 0.15) is 28.3 Å². The Labute approximate surface area is 614 Å². The number of aromatic nitrogens is 1. The van der Waals surface area contributed by atoms with Crippen LogP contribution in [0.2, 0.25) is 0 Å². The third kappa shape index (κ3) is 11.8. The quantitative estimate of drug-likeness (QED) is 0.0178. The molecule has 105 heavy (non-hydrogen) atoms. The number of H-pyrrole nitrogens is 1. The number of aromatic hydroxyl groups is 1. The molecule has 7 bridgehead atoms. The molecule has 3 fully saturated rings. The van der Waals surface area contributed by atoms with Crippen LogP contribution in [0.4, 0.5) is 11.5 Å². The van der Waals surface area contributed by atoms with E-state index in [2.05, 4.69) is 144 Å². The van der Waals surface area contributed by atoms with Gasteiger partial charge in [-0.15, -0.1) is 5.92 Å². The SMILES string of the molecule is CCCCC[C@@H]1Cc2c3ccccc3cc3ccc4c(c23)[C@]12C[C@]13c5ccc(c(N=C(N)N)c5)C[C@@H](CO)COc5c(OC)c(OCC[C@@H](O)/C=C/c6ccccc6)c6c(=O)cc(-c7ccc(O)cc7)oc6c5CCc5cccc(c5)-c5cc([nH]c5N5CCNC[C@@H]51)[C@@]1(C)CCC[C@H]1CC#C[C@H]3[C@H]2C=C4. The minimum atomic E-state index is -0.887. The van der Waals surface area contributed by atoms with Crippen molar-refractivity contribution in [3.63, 3.8) is 0 Å². The van der Waals surface area contributed by atoms with Gasteiger partial charge in [-0.3, -0.25) is 4.79 Å². The van der Waals surface area contributed by atoms with Gasteiger partial charge in [0.05, 0.1) is 38.2 Å². The number of aliphatic hydroxyl groups excluding tert-OH is 2. The lowest BCUT2D eigenvalue weighted by atomic mass is 9.53. The molecule has 2 aromatic heterocycles. The predicted molar refractivity (Wildman–Crippen MR) is 421 cm³/mol. The molecule has 9 N–H and O–H groups in total. The molecular weight excluding hydrogens is 1310 g/mol. The number of hydrogen-bond donors (Lipinski definition) is 7. The molecule has 14 nitrogen and oxygen atoms in total. The van der Waals surface area contributed by atoms with E-state index in [1.165, 1.54) is 57.1 Å². The Kier molecular flexibility index (Phi) is 18.0. The zero-order chi connectivity index (χ0) is 71.7. The van der Waals surface area contributed by atoms with Crippen molar-refractivity contribution in [2.24, 2.45) is 46.0 Å². The summed E-state index contributed by atoms with van der Waals surface area (Å²) in [6.07, 6.45) is 19.5. The zero-order valence-electron chi connectivity index (χ0n) is 60.4. The number of hydrogen-bond acceptors (Lipinski definition) is 11. The molecule has 8 aromatic carbocycles. The number of aliphatic hydroxyl groups is 2. The standard InChI is InChI=1S/C91H94N6O8/c1-4-5-7-20-65-47-72-69-23-11-10-18-61(69)46-63-28-27-59-32-38-74-73-24-13-21-64-22-14-40-89(64,2)78-49-71-60-19-12-17-56(44-60)26-37-70-83-81(76(101)50-77(105-83)58-30-35-67(99)36-31-58)85(103-43-39-68(100)34-25-55-15-8-6-9-16-55)86(102-3)84(70)104-53-57(52-98)45-62-29-33-66(48-75(62)95-88(92)93)90(73,54-91(65,74)82(59)80(63)72)79-51-94-41-42-97(79)87(71)96-78/h6,8-12,15-19,23,25,27-36,38,44,46,48-50,57,64-65,68,73-74,79,94,96,98-100H,4-5,7,14,20-22,26,37,39-43,45,47,51-54H2,1-3H3,(H4,92,93,95)/b34-25+/t57-,64+,65+,68-,73-,74+,79+,89-,90+,91+/m0/s1. The number of anilines is 1. The van der Waals surface area contributed by atoms with Crippen LogP contribution in [-0.4, -0.2) is 85.0 Å². The van der Waals surface area contributed by atoms with Gasteiger partial charge in [-0.25, -0.2) is 4.99 Å². The van der Waals surface area contributed by atoms with Crippen LogP contribution in [0.3, 0.4) is 0 Å². The Hall–Kier alpha value is -10.0. The van der Waals surface area contributed by atoms with E-state index in [1.54, 1.807) is 30.3 Å². The van der Waals surface area contributed by atoms with E-state index in [0.29, 0.717) is 60.2 Å². The van der Waals surface area contributed by atoms with Gasteiger partial charge in [0.25, 0.3) is 0 Å². The lowest BCUT2D eigenvalue weighted by Crippen LogP contribution is -2.62. The Morgan fingerprint density at radius 1 is 0.876 bits per heavy atom. The molecule has 536 valence electrons. The fourth-order valence-corrected chi connectivity index (χ4v) is 20.3. The minimum Gasteiger partial charge on any atom is -0.508 e. The largest absolute Gasteiger partial charge is 0.508 e. The summed E-state index contributed by atoms with van der Waals surface area (Å²) in [4.78, 5) is 27.4. The third-order valence-corrected chi connectivity index (χ3v) is 25.3. The number of piperazine rings is 1. The van der Waals surface area contributed by atoms with Crippen molar-refractivity contribution in [1.82, 2.24) is 10.3 Å². The molecule has 18 rings (SSSR count). The number of nitrogens with two attached hydrogens (primary N) is 2. The summed E-state index contributed by atoms with van der Waals surface area (Å²) in [5.74, 6) is 10.5. The molecule has 4 aliphatic carbocycles. The van der Waals surface area contributed by atoms with Gasteiger partial charge in [0, 0.05) is 102 Å². The molecule has 14 heteroatoms. The number of aryl methyl sites for hydroxylation is 2. The van der Waals surface area contributed by atoms with Crippen LogP contribution in [0.15, 0.2) is 178 Å². The first-order valence-electron chi connectivity index (χ1n) is 38.2. The van der Waals surface area contributed by atoms with Crippen molar-refractivity contribution in [1.29, 1.82) is 0 Å². The van der Waals surface area contributed by atoms with Crippen LogP contribution in [0.5, 0.6) is 23.0 Å². The molecule has 2 saturated carbocycles. The van der Waals surface area contributed by atoms with Crippen LogP contribution >= 0.6 is 0 Å². The number of methoxy groups -OCH3 is 1. The number of guanidine groups is 1. The van der Waals surface area contributed by atoms with Crippen molar-refractivity contribution >= 4 is 62.1 Å². The fourth-order valence-electron chi connectivity index (χ4n) is 20.3. The minimum absolute atomic E-state index is 0.00822. The number of aromatic amines is 1. The Bertz CT molecular complexity index is 5230. The van der Waals surface area contributed by atoms with Gasteiger partial charge in [0.15, 0.2) is 22.9 Å². The summed E-state index contributed by atoms with van der Waals surface area (Å²) >= 11 is 0. The number of aliphatic imine (C=N–C) groups is 1. The maximum atomic E-state index is 15.2. The maximum absolute atomic E-state index is 15.2. The molecule has 1 saturated heterocycles. The Balaban J connectivity index is 0.886. The highest BCUT2D eigenvalue weighted by molar-refractivity contribution is 6.06. The highest BCUT2D eigenvalue weighted by Crippen LogP contribution is 2.70. The van der Waals surface area contributed by atoms with Crippen LogP contribution in [0.25, 0.3) is 67.1 Å². The third-order valence-electron chi connectivity index (χ3n) is 25.3. The van der Waals surface area contributed by atoms with Crippen molar-refractivity contribution in [3.8, 4) is 57.3 Å². The number of phenolic OH excluding ortho intramolecular Hbond substituents is 1. The van der Waals surface area contributed by atoms with Gasteiger partial charge < -0.3 is 60.6 Å². The molecule has 6 heterocycles. The summed E-state index contributed by atoms with van der Waals surface area (Å²) in [7, 11) is 1.54. The number of rotatable bonds is 14. The number of benzene rings is 8. The topological polar surface area (TPSA) is 214 Å². The first-order valence-corrected chi connectivity index (χ1v) is 38.2. The van der Waals surface area contributed by atoms with E-state index >= 15 is 4.79 Å². The van der Waals surface area contributed by atoms with Gasteiger partial charge in [-0.2, -0.15) is 0 Å². The van der Waals surface area contributed by atoms with Crippen LogP contribution < -0.4 is 41.3 Å². The smallest absolute Gasteiger partial charge is 0.204 e. The van der Waals surface area contributed by atoms with E-state index < -0.39 is 17.4 Å². The van der Waals surface area contributed by atoms with E-state index in [1.807, 2.05) is 36.4 Å². The molecule has 10 aromatic rings. The fraction of sp³-hybridized carbons (Fsp3) is 0.363. The maximum Gasteiger partial charge on any atom is 0.204 e. The molecule has 0 amide bonds. The Morgan fingerprint density at radius 3 is 2.57 bits per heavy atom. The second-order valence-corrected chi connectivity index (χ2v) is 31.1. The molecule has 10 atom stereocenters. The summed E-state index contributed by atoms with van der Waals surface area (Å²) in [5.41, 5.74) is 25.5. The van der Waals surface area contributed by atoms with Crippen molar-refractivity contribution in [3.05, 3.63) is 224 Å². The highest BCUT2D eigenvalue weighted by atomic mass is 16.5. The van der Waals surface area contributed by atoms with Gasteiger partial charge in [0.2, 0.25) is 5.75 Å².